The van der Waals surface area contributed by atoms with Gasteiger partial charge in [-0.3, -0.25) is 14.9 Å². The van der Waals surface area contributed by atoms with Crippen molar-refractivity contribution in [1.82, 2.24) is 10.6 Å². The summed E-state index contributed by atoms with van der Waals surface area (Å²) in [5, 5.41) is 5.79. The minimum Gasteiger partial charge on any atom is -0.493 e. The van der Waals surface area contributed by atoms with Gasteiger partial charge in [0.1, 0.15) is 0 Å². The number of aryl methyl sites for hydroxylation is 1. The lowest BCUT2D eigenvalue weighted by molar-refractivity contribution is -0.122. The lowest BCUT2D eigenvalue weighted by Gasteiger charge is -2.19. The minimum absolute atomic E-state index is 0.0140. The fourth-order valence-electron chi connectivity index (χ4n) is 4.49. The number of aliphatic imine (C=N–C) groups is 1. The number of nitrogens with one attached hydrogen (secondary N) is 2. The first kappa shape index (κ1) is 26.1. The number of benzene rings is 2. The van der Waals surface area contributed by atoms with Crippen LogP contribution in [0.5, 0.6) is 11.5 Å². The van der Waals surface area contributed by atoms with Gasteiger partial charge < -0.3 is 20.5 Å². The van der Waals surface area contributed by atoms with Crippen molar-refractivity contribution in [1.29, 1.82) is 0 Å². The average Bonchev–Trinajstić information content (AvgIpc) is 3.20. The third-order valence-electron chi connectivity index (χ3n) is 6.03. The van der Waals surface area contributed by atoms with E-state index < -0.39 is 0 Å². The van der Waals surface area contributed by atoms with E-state index in [0.717, 1.165) is 18.4 Å². The highest BCUT2D eigenvalue weighted by Gasteiger charge is 2.25. The molecule has 0 fully saturated rings. The SMILES string of the molecule is COc1ccc(CC(=O)NC(N)=N[C@@H](CC(=O)N[C@H]2CCc3ccccc32)CC(C)C)cc1OC. The summed E-state index contributed by atoms with van der Waals surface area (Å²) in [5.41, 5.74) is 9.28. The molecule has 2 atom stereocenters. The molecule has 1 aliphatic rings. The molecule has 2 amide bonds. The molecule has 0 heterocycles. The fourth-order valence-corrected chi connectivity index (χ4v) is 4.49. The van der Waals surface area contributed by atoms with Crippen LogP contribution >= 0.6 is 0 Å². The van der Waals surface area contributed by atoms with Crippen molar-refractivity contribution in [3.8, 4) is 11.5 Å². The van der Waals surface area contributed by atoms with Crippen LogP contribution in [0.25, 0.3) is 0 Å². The first-order chi connectivity index (χ1) is 16.8. The number of fused-ring (bicyclic) bond motifs is 1. The Morgan fingerprint density at radius 1 is 1.09 bits per heavy atom. The van der Waals surface area contributed by atoms with Gasteiger partial charge in [-0.1, -0.05) is 44.2 Å². The highest BCUT2D eigenvalue weighted by atomic mass is 16.5. The number of methoxy groups -OCH3 is 2. The zero-order chi connectivity index (χ0) is 25.4. The molecule has 0 spiro atoms. The molecule has 2 aromatic rings. The highest BCUT2D eigenvalue weighted by molar-refractivity contribution is 5.97. The molecule has 0 aliphatic heterocycles. The van der Waals surface area contributed by atoms with E-state index in [2.05, 4.69) is 41.6 Å². The predicted octanol–water partition coefficient (Wildman–Crippen LogP) is 3.29. The van der Waals surface area contributed by atoms with E-state index in [1.54, 1.807) is 32.4 Å². The minimum atomic E-state index is -0.326. The van der Waals surface area contributed by atoms with Crippen LogP contribution in [0.1, 0.15) is 55.8 Å². The average molecular weight is 481 g/mol. The van der Waals surface area contributed by atoms with E-state index in [-0.39, 0.29) is 42.7 Å². The summed E-state index contributed by atoms with van der Waals surface area (Å²) < 4.78 is 10.5. The second kappa shape index (κ2) is 12.2. The molecule has 0 radical (unpaired) electrons. The zero-order valence-corrected chi connectivity index (χ0v) is 21.0. The molecule has 8 heteroatoms. The summed E-state index contributed by atoms with van der Waals surface area (Å²) >= 11 is 0. The summed E-state index contributed by atoms with van der Waals surface area (Å²) in [7, 11) is 3.10. The Kier molecular flexibility index (Phi) is 9.11. The van der Waals surface area contributed by atoms with E-state index in [1.165, 1.54) is 11.1 Å². The van der Waals surface area contributed by atoms with Crippen molar-refractivity contribution in [2.75, 3.05) is 14.2 Å². The topological polar surface area (TPSA) is 115 Å². The number of ether oxygens (including phenoxy) is 2. The molecule has 4 N–H and O–H groups in total. The van der Waals surface area contributed by atoms with Gasteiger partial charge in [-0.05, 0) is 54.0 Å². The van der Waals surface area contributed by atoms with Crippen molar-refractivity contribution in [3.05, 3.63) is 59.2 Å². The molecule has 2 aromatic carbocycles. The van der Waals surface area contributed by atoms with E-state index in [4.69, 9.17) is 15.2 Å². The van der Waals surface area contributed by atoms with Gasteiger partial charge in [-0.25, -0.2) is 4.99 Å². The van der Waals surface area contributed by atoms with Crippen LogP contribution in [0.2, 0.25) is 0 Å². The Morgan fingerprint density at radius 2 is 1.83 bits per heavy atom. The number of carbonyl (C=O) groups excluding carboxylic acids is 2. The summed E-state index contributed by atoms with van der Waals surface area (Å²) in [4.78, 5) is 29.8. The van der Waals surface area contributed by atoms with Gasteiger partial charge in [0.05, 0.1) is 32.7 Å². The second-order valence-corrected chi connectivity index (χ2v) is 9.27. The maximum Gasteiger partial charge on any atom is 0.231 e. The van der Waals surface area contributed by atoms with E-state index in [1.807, 2.05) is 12.1 Å². The number of carbonyl (C=O) groups is 2. The van der Waals surface area contributed by atoms with Gasteiger partial charge in [-0.15, -0.1) is 0 Å². The van der Waals surface area contributed by atoms with E-state index in [0.29, 0.717) is 23.8 Å². The summed E-state index contributed by atoms with van der Waals surface area (Å²) in [6.07, 6.45) is 2.86. The molecule has 0 bridgehead atoms. The van der Waals surface area contributed by atoms with Crippen LogP contribution in [0.15, 0.2) is 47.5 Å². The Balaban J connectivity index is 1.59. The van der Waals surface area contributed by atoms with Gasteiger partial charge >= 0.3 is 0 Å². The monoisotopic (exact) mass is 480 g/mol. The summed E-state index contributed by atoms with van der Waals surface area (Å²) in [5.74, 6) is 1.11. The van der Waals surface area contributed by atoms with Crippen molar-refractivity contribution in [2.45, 2.75) is 58.0 Å². The molecule has 0 saturated carbocycles. The van der Waals surface area contributed by atoms with Gasteiger partial charge in [0.2, 0.25) is 11.8 Å². The Morgan fingerprint density at radius 3 is 2.54 bits per heavy atom. The van der Waals surface area contributed by atoms with E-state index >= 15 is 0 Å². The van der Waals surface area contributed by atoms with Crippen molar-refractivity contribution >= 4 is 17.8 Å². The number of hydrogen-bond acceptors (Lipinski definition) is 5. The normalized spacial score (nSPS) is 15.9. The number of rotatable bonds is 10. The zero-order valence-electron chi connectivity index (χ0n) is 21.0. The molecular weight excluding hydrogens is 444 g/mol. The van der Waals surface area contributed by atoms with Crippen molar-refractivity contribution < 1.29 is 19.1 Å². The number of hydrogen-bond donors (Lipinski definition) is 3. The van der Waals surface area contributed by atoms with Crippen LogP contribution in [0.4, 0.5) is 0 Å². The maximum absolute atomic E-state index is 12.8. The molecule has 3 rings (SSSR count). The number of guanidine groups is 1. The molecule has 35 heavy (non-hydrogen) atoms. The number of nitrogens with zero attached hydrogens (tertiary/aromatic N) is 1. The molecular formula is C27H36N4O4. The van der Waals surface area contributed by atoms with Crippen LogP contribution in [0.3, 0.4) is 0 Å². The third kappa shape index (κ3) is 7.47. The molecule has 1 aliphatic carbocycles. The number of nitrogens with two attached hydrogens (primary N) is 1. The van der Waals surface area contributed by atoms with Crippen molar-refractivity contribution in [3.63, 3.8) is 0 Å². The fraction of sp³-hybridized carbons (Fsp3) is 0.444. The predicted molar refractivity (Wildman–Crippen MR) is 137 cm³/mol. The first-order valence-corrected chi connectivity index (χ1v) is 12.0. The summed E-state index contributed by atoms with van der Waals surface area (Å²) in [6, 6.07) is 13.2. The van der Waals surface area contributed by atoms with Gasteiger partial charge in [0.15, 0.2) is 17.5 Å². The second-order valence-electron chi connectivity index (χ2n) is 9.27. The lowest BCUT2D eigenvalue weighted by Crippen LogP contribution is -2.39. The smallest absolute Gasteiger partial charge is 0.231 e. The van der Waals surface area contributed by atoms with Crippen molar-refractivity contribution in [2.24, 2.45) is 16.6 Å². The van der Waals surface area contributed by atoms with Crippen LogP contribution < -0.4 is 25.8 Å². The van der Waals surface area contributed by atoms with Crippen LogP contribution in [0, 0.1) is 5.92 Å². The molecule has 8 nitrogen and oxygen atoms in total. The molecule has 0 saturated heterocycles. The third-order valence-corrected chi connectivity index (χ3v) is 6.03. The van der Waals surface area contributed by atoms with Crippen LogP contribution in [-0.2, 0) is 22.4 Å². The lowest BCUT2D eigenvalue weighted by atomic mass is 10.0. The standard InChI is InChI=1S/C27H36N4O4/c1-17(2)13-20(16-26(33)30-22-11-10-19-7-5-6-8-21(19)22)29-27(28)31-25(32)15-18-9-12-23(34-3)24(14-18)35-4/h5-9,12,14,17,20,22H,10-11,13,15-16H2,1-4H3,(H,30,33)(H3,28,29,31,32)/t20-,22+/m1/s1. The molecule has 0 unspecified atom stereocenters. The highest BCUT2D eigenvalue weighted by Crippen LogP contribution is 2.31. The largest absolute Gasteiger partial charge is 0.493 e. The molecule has 0 aromatic heterocycles. The Bertz CT molecular complexity index is 1070. The Hall–Kier alpha value is -3.55. The van der Waals surface area contributed by atoms with Gasteiger partial charge in [0.25, 0.3) is 0 Å². The van der Waals surface area contributed by atoms with Crippen LogP contribution in [-0.4, -0.2) is 38.0 Å². The maximum atomic E-state index is 12.8. The van der Waals surface area contributed by atoms with Gasteiger partial charge in [0, 0.05) is 6.42 Å². The van der Waals surface area contributed by atoms with E-state index in [9.17, 15) is 9.59 Å². The molecule has 188 valence electrons. The Labute approximate surface area is 207 Å². The quantitative estimate of drug-likeness (QED) is 0.357. The summed E-state index contributed by atoms with van der Waals surface area (Å²) in [6.45, 7) is 4.14. The number of amides is 2. The van der Waals surface area contributed by atoms with Gasteiger partial charge in [-0.2, -0.15) is 0 Å². The first-order valence-electron chi connectivity index (χ1n) is 12.0.